The Morgan fingerprint density at radius 2 is 1.79 bits per heavy atom. The van der Waals surface area contributed by atoms with E-state index < -0.39 is 5.92 Å². The number of hydrogen-bond acceptors (Lipinski definition) is 4. The molecule has 4 nitrogen and oxygen atoms in total. The largest absolute Gasteiger partial charge is 0.466 e. The van der Waals surface area contributed by atoms with Crippen LogP contribution < -0.4 is 0 Å². The van der Waals surface area contributed by atoms with Gasteiger partial charge in [0.2, 0.25) is 0 Å². The van der Waals surface area contributed by atoms with Crippen molar-refractivity contribution >= 4 is 17.5 Å². The molecule has 0 aliphatic rings. The number of Topliss-reactive ketones (excluding diaryl/α,β-unsaturated/α-hetero) is 2. The summed E-state index contributed by atoms with van der Waals surface area (Å²) in [4.78, 5) is 35.0. The monoisotopic (exact) mass is 262 g/mol. The third kappa shape index (κ3) is 4.66. The highest BCUT2D eigenvalue weighted by molar-refractivity contribution is 6.10. The normalized spacial score (nSPS) is 11.7. The zero-order valence-corrected chi connectivity index (χ0v) is 11.2. The molecular weight excluding hydrogens is 244 g/mol. The van der Waals surface area contributed by atoms with Crippen molar-refractivity contribution in [2.75, 3.05) is 6.61 Å². The minimum atomic E-state index is -0.771. The summed E-state index contributed by atoms with van der Waals surface area (Å²) in [6, 6.07) is 8.63. The van der Waals surface area contributed by atoms with E-state index in [-0.39, 0.29) is 30.4 Å². The number of rotatable bonds is 7. The zero-order chi connectivity index (χ0) is 14.3. The van der Waals surface area contributed by atoms with Crippen LogP contribution in [0.25, 0.3) is 0 Å². The van der Waals surface area contributed by atoms with E-state index in [1.165, 1.54) is 6.92 Å². The first-order chi connectivity index (χ1) is 9.06. The van der Waals surface area contributed by atoms with E-state index in [9.17, 15) is 14.4 Å². The summed E-state index contributed by atoms with van der Waals surface area (Å²) in [6.07, 6.45) is 0.276. The molecule has 0 bridgehead atoms. The lowest BCUT2D eigenvalue weighted by Crippen LogP contribution is -2.23. The first-order valence-electron chi connectivity index (χ1n) is 6.31. The Hall–Kier alpha value is -1.97. The Kier molecular flexibility index (Phi) is 5.93. The molecule has 0 spiro atoms. The molecule has 102 valence electrons. The van der Waals surface area contributed by atoms with Gasteiger partial charge in [0.1, 0.15) is 5.78 Å². The number of carbonyl (C=O) groups excluding carboxylic acids is 3. The summed E-state index contributed by atoms with van der Waals surface area (Å²) in [5.74, 6) is -1.61. The highest BCUT2D eigenvalue weighted by atomic mass is 16.5. The van der Waals surface area contributed by atoms with Gasteiger partial charge in [-0.2, -0.15) is 0 Å². The van der Waals surface area contributed by atoms with Crippen LogP contribution in [0.2, 0.25) is 0 Å². The third-order valence-corrected chi connectivity index (χ3v) is 2.81. The fourth-order valence-corrected chi connectivity index (χ4v) is 1.82. The van der Waals surface area contributed by atoms with Crippen molar-refractivity contribution in [2.45, 2.75) is 26.7 Å². The van der Waals surface area contributed by atoms with Crippen molar-refractivity contribution in [3.63, 3.8) is 0 Å². The summed E-state index contributed by atoms with van der Waals surface area (Å²) in [7, 11) is 0. The maximum Gasteiger partial charge on any atom is 0.305 e. The fraction of sp³-hybridized carbons (Fsp3) is 0.400. The topological polar surface area (TPSA) is 60.4 Å². The molecule has 4 heteroatoms. The number of ketones is 2. The van der Waals surface area contributed by atoms with Crippen molar-refractivity contribution in [3.8, 4) is 0 Å². The highest BCUT2D eigenvalue weighted by Gasteiger charge is 2.25. The number of esters is 1. The Balaban J connectivity index is 2.70. The van der Waals surface area contributed by atoms with Gasteiger partial charge in [-0.1, -0.05) is 30.3 Å². The second-order valence-corrected chi connectivity index (χ2v) is 4.24. The van der Waals surface area contributed by atoms with Crippen LogP contribution in [0.3, 0.4) is 0 Å². The van der Waals surface area contributed by atoms with Gasteiger partial charge in [0.05, 0.1) is 12.5 Å². The van der Waals surface area contributed by atoms with Crippen LogP contribution >= 0.6 is 0 Å². The van der Waals surface area contributed by atoms with Crippen LogP contribution in [-0.4, -0.2) is 24.1 Å². The van der Waals surface area contributed by atoms with Gasteiger partial charge >= 0.3 is 5.97 Å². The van der Waals surface area contributed by atoms with Crippen LogP contribution in [0.15, 0.2) is 30.3 Å². The van der Waals surface area contributed by atoms with E-state index in [1.807, 2.05) is 0 Å². The number of hydrogen-bond donors (Lipinski definition) is 0. The molecule has 0 N–H and O–H groups in total. The predicted octanol–water partition coefficient (Wildman–Crippen LogP) is 2.42. The average molecular weight is 262 g/mol. The first kappa shape index (κ1) is 15.1. The Morgan fingerprint density at radius 3 is 2.32 bits per heavy atom. The Morgan fingerprint density at radius 1 is 1.16 bits per heavy atom. The fourth-order valence-electron chi connectivity index (χ4n) is 1.82. The van der Waals surface area contributed by atoms with Crippen molar-refractivity contribution in [3.05, 3.63) is 35.9 Å². The molecule has 1 aromatic rings. The van der Waals surface area contributed by atoms with Gasteiger partial charge in [0, 0.05) is 12.0 Å². The molecule has 0 saturated carbocycles. The number of benzene rings is 1. The minimum absolute atomic E-state index is 0.0800. The summed E-state index contributed by atoms with van der Waals surface area (Å²) >= 11 is 0. The van der Waals surface area contributed by atoms with E-state index in [1.54, 1.807) is 37.3 Å². The van der Waals surface area contributed by atoms with Crippen molar-refractivity contribution < 1.29 is 19.1 Å². The molecule has 1 aromatic carbocycles. The molecular formula is C15H18O4. The summed E-state index contributed by atoms with van der Waals surface area (Å²) in [5.41, 5.74) is 0.492. The average Bonchev–Trinajstić information content (AvgIpc) is 2.39. The highest BCUT2D eigenvalue weighted by Crippen LogP contribution is 2.16. The van der Waals surface area contributed by atoms with E-state index in [0.717, 1.165) is 0 Å². The molecule has 1 atom stereocenters. The predicted molar refractivity (Wildman–Crippen MR) is 70.8 cm³/mol. The van der Waals surface area contributed by atoms with Crippen LogP contribution in [0.1, 0.15) is 37.0 Å². The van der Waals surface area contributed by atoms with Gasteiger partial charge in [-0.25, -0.2) is 0 Å². The summed E-state index contributed by atoms with van der Waals surface area (Å²) in [5, 5.41) is 0. The SMILES string of the molecule is CCOC(=O)CC[C@H](C(C)=O)C(=O)c1ccccc1. The molecule has 0 radical (unpaired) electrons. The zero-order valence-electron chi connectivity index (χ0n) is 11.2. The van der Waals surface area contributed by atoms with Crippen LogP contribution in [0.5, 0.6) is 0 Å². The minimum Gasteiger partial charge on any atom is -0.466 e. The Bertz CT molecular complexity index is 450. The van der Waals surface area contributed by atoms with Gasteiger partial charge < -0.3 is 4.74 Å². The van der Waals surface area contributed by atoms with Crippen molar-refractivity contribution in [1.29, 1.82) is 0 Å². The van der Waals surface area contributed by atoms with E-state index in [4.69, 9.17) is 4.74 Å². The molecule has 1 rings (SSSR count). The van der Waals surface area contributed by atoms with E-state index >= 15 is 0 Å². The molecule has 0 aliphatic heterocycles. The maximum atomic E-state index is 12.2. The van der Waals surface area contributed by atoms with Crippen LogP contribution in [-0.2, 0) is 14.3 Å². The van der Waals surface area contributed by atoms with Gasteiger partial charge in [0.15, 0.2) is 5.78 Å². The van der Waals surface area contributed by atoms with Gasteiger partial charge in [-0.3, -0.25) is 14.4 Å². The molecule has 0 saturated heterocycles. The van der Waals surface area contributed by atoms with Crippen molar-refractivity contribution in [1.82, 2.24) is 0 Å². The van der Waals surface area contributed by atoms with Gasteiger partial charge in [-0.05, 0) is 20.3 Å². The lowest BCUT2D eigenvalue weighted by molar-refractivity contribution is -0.143. The molecule has 0 unspecified atom stereocenters. The first-order valence-corrected chi connectivity index (χ1v) is 6.31. The second kappa shape index (κ2) is 7.46. The molecule has 0 fully saturated rings. The standard InChI is InChI=1S/C15H18O4/c1-3-19-14(17)10-9-13(11(2)16)15(18)12-7-5-4-6-8-12/h4-8,13H,3,9-10H2,1-2H3/t13-/m1/s1. The van der Waals surface area contributed by atoms with Gasteiger partial charge in [0.25, 0.3) is 0 Å². The maximum absolute atomic E-state index is 12.2. The molecule has 0 heterocycles. The molecule has 0 amide bonds. The van der Waals surface area contributed by atoms with E-state index in [0.29, 0.717) is 12.2 Å². The van der Waals surface area contributed by atoms with Crippen LogP contribution in [0.4, 0.5) is 0 Å². The Labute approximate surface area is 112 Å². The second-order valence-electron chi connectivity index (χ2n) is 4.24. The lowest BCUT2D eigenvalue weighted by atomic mass is 9.90. The molecule has 0 aromatic heterocycles. The van der Waals surface area contributed by atoms with E-state index in [2.05, 4.69) is 0 Å². The van der Waals surface area contributed by atoms with Gasteiger partial charge in [-0.15, -0.1) is 0 Å². The number of carbonyl (C=O) groups is 3. The summed E-state index contributed by atoms with van der Waals surface area (Å²) < 4.78 is 4.80. The van der Waals surface area contributed by atoms with Crippen molar-refractivity contribution in [2.24, 2.45) is 5.92 Å². The molecule has 19 heavy (non-hydrogen) atoms. The molecule has 0 aliphatic carbocycles. The number of ether oxygens (including phenoxy) is 1. The smallest absolute Gasteiger partial charge is 0.305 e. The summed E-state index contributed by atoms with van der Waals surface area (Å²) in [6.45, 7) is 3.39. The van der Waals surface area contributed by atoms with Crippen LogP contribution in [0, 0.1) is 5.92 Å². The third-order valence-electron chi connectivity index (χ3n) is 2.81. The lowest BCUT2D eigenvalue weighted by Gasteiger charge is -2.12. The quantitative estimate of drug-likeness (QED) is 0.430.